The molecule has 0 saturated carbocycles. The predicted octanol–water partition coefficient (Wildman–Crippen LogP) is 1.11. The smallest absolute Gasteiger partial charge is 0.118 e. The van der Waals surface area contributed by atoms with Crippen molar-refractivity contribution < 1.29 is 0 Å². The Morgan fingerprint density at radius 3 is 2.17 bits per heavy atom. The Hall–Kier alpha value is -0.570. The van der Waals surface area contributed by atoms with Crippen molar-refractivity contribution >= 4 is 5.84 Å². The summed E-state index contributed by atoms with van der Waals surface area (Å²) in [5.74, 6) is 1.06. The van der Waals surface area contributed by atoms with Crippen molar-refractivity contribution in [1.29, 1.82) is 0 Å². The molecule has 1 rings (SSSR count). The van der Waals surface area contributed by atoms with Crippen LogP contribution in [0.5, 0.6) is 0 Å². The lowest BCUT2D eigenvalue weighted by Gasteiger charge is -2.21. The quantitative estimate of drug-likeness (QED) is 0.617. The van der Waals surface area contributed by atoms with Gasteiger partial charge in [-0.05, 0) is 34.6 Å². The van der Waals surface area contributed by atoms with E-state index in [0.717, 1.165) is 12.4 Å². The van der Waals surface area contributed by atoms with E-state index in [-0.39, 0.29) is 11.2 Å². The van der Waals surface area contributed by atoms with E-state index in [1.807, 2.05) is 0 Å². The fraction of sp³-hybridized carbons (Fsp3) is 0.889. The zero-order valence-corrected chi connectivity index (χ0v) is 8.65. The second kappa shape index (κ2) is 2.73. The second-order valence-corrected chi connectivity index (χ2v) is 4.32. The van der Waals surface area contributed by atoms with Gasteiger partial charge in [0.15, 0.2) is 0 Å². The highest BCUT2D eigenvalue weighted by Gasteiger charge is 2.40. The molecule has 2 N–H and O–H groups in total. The second-order valence-electron chi connectivity index (χ2n) is 4.32. The Kier molecular flexibility index (Phi) is 2.17. The van der Waals surface area contributed by atoms with Crippen molar-refractivity contribution in [3.8, 4) is 0 Å². The monoisotopic (exact) mass is 169 g/mol. The summed E-state index contributed by atoms with van der Waals surface area (Å²) in [5, 5.41) is 6.82. The zero-order chi connectivity index (χ0) is 9.41. The molecule has 3 heteroatoms. The Morgan fingerprint density at radius 2 is 1.83 bits per heavy atom. The van der Waals surface area contributed by atoms with Gasteiger partial charge in [0.05, 0.1) is 11.2 Å². The number of nitrogens with one attached hydrogen (secondary N) is 2. The van der Waals surface area contributed by atoms with Crippen LogP contribution < -0.4 is 10.6 Å². The molecule has 3 nitrogen and oxygen atoms in total. The van der Waals surface area contributed by atoms with Crippen LogP contribution >= 0.6 is 0 Å². The molecule has 0 aromatic carbocycles. The van der Waals surface area contributed by atoms with Crippen LogP contribution in [0.25, 0.3) is 0 Å². The summed E-state index contributed by atoms with van der Waals surface area (Å²) in [7, 11) is 0. The van der Waals surface area contributed by atoms with Gasteiger partial charge < -0.3 is 5.32 Å². The van der Waals surface area contributed by atoms with E-state index >= 15 is 0 Å². The molecule has 12 heavy (non-hydrogen) atoms. The molecule has 0 spiro atoms. The normalized spacial score (nSPS) is 28.9. The van der Waals surface area contributed by atoms with E-state index in [2.05, 4.69) is 50.2 Å². The zero-order valence-electron chi connectivity index (χ0n) is 8.65. The van der Waals surface area contributed by atoms with Crippen molar-refractivity contribution in [3.05, 3.63) is 0 Å². The van der Waals surface area contributed by atoms with Gasteiger partial charge in [-0.2, -0.15) is 0 Å². The van der Waals surface area contributed by atoms with Crippen molar-refractivity contribution in [2.75, 3.05) is 6.54 Å². The number of nitrogens with zero attached hydrogens (tertiary/aromatic N) is 1. The molecule has 0 amide bonds. The minimum Gasteiger partial charge on any atom is -0.355 e. The Bertz CT molecular complexity index is 204. The fourth-order valence-corrected chi connectivity index (χ4v) is 1.72. The van der Waals surface area contributed by atoms with E-state index in [0.29, 0.717) is 0 Å². The molecule has 0 radical (unpaired) electrons. The first-order chi connectivity index (χ1) is 5.37. The Morgan fingerprint density at radius 1 is 1.25 bits per heavy atom. The molecule has 0 aromatic rings. The Balaban J connectivity index is 2.85. The molecule has 1 aliphatic heterocycles. The lowest BCUT2D eigenvalue weighted by atomic mass is 10.1. The van der Waals surface area contributed by atoms with Gasteiger partial charge in [0, 0.05) is 6.54 Å². The van der Waals surface area contributed by atoms with E-state index in [1.54, 1.807) is 0 Å². The van der Waals surface area contributed by atoms with Gasteiger partial charge >= 0.3 is 0 Å². The summed E-state index contributed by atoms with van der Waals surface area (Å²) < 4.78 is 0. The first-order valence-corrected chi connectivity index (χ1v) is 4.50. The van der Waals surface area contributed by atoms with Gasteiger partial charge in [0.2, 0.25) is 0 Å². The minimum absolute atomic E-state index is 0.0144. The van der Waals surface area contributed by atoms with Crippen molar-refractivity contribution in [2.45, 2.75) is 45.8 Å². The average molecular weight is 169 g/mol. The average Bonchev–Trinajstić information content (AvgIpc) is 2.01. The predicted molar refractivity (Wildman–Crippen MR) is 52.4 cm³/mol. The molecule has 70 valence electrons. The highest BCUT2D eigenvalue weighted by atomic mass is 15.3. The molecule has 1 saturated heterocycles. The number of hydrogen-bond donors (Lipinski definition) is 2. The molecule has 0 unspecified atom stereocenters. The fourth-order valence-electron chi connectivity index (χ4n) is 1.72. The van der Waals surface area contributed by atoms with E-state index in [1.165, 1.54) is 0 Å². The maximum absolute atomic E-state index is 4.42. The molecular formula is C9H19N3. The van der Waals surface area contributed by atoms with Gasteiger partial charge in [-0.3, -0.25) is 10.3 Å². The SMILES string of the molecule is CCN=C1NC(C)(C)NC1(C)C. The van der Waals surface area contributed by atoms with Crippen LogP contribution in [0.2, 0.25) is 0 Å². The number of amidine groups is 1. The van der Waals surface area contributed by atoms with Crippen LogP contribution in [0.3, 0.4) is 0 Å². The standard InChI is InChI=1S/C9H19N3/c1-6-10-7-8(2,3)12-9(4,5)11-7/h12H,6H2,1-5H3,(H,10,11). The van der Waals surface area contributed by atoms with Crippen molar-refractivity contribution in [2.24, 2.45) is 4.99 Å². The van der Waals surface area contributed by atoms with E-state index in [4.69, 9.17) is 0 Å². The Labute approximate surface area is 74.6 Å². The molecule has 1 fully saturated rings. The third-order valence-corrected chi connectivity index (χ3v) is 1.96. The van der Waals surface area contributed by atoms with E-state index in [9.17, 15) is 0 Å². The lowest BCUT2D eigenvalue weighted by molar-refractivity contribution is 0.358. The van der Waals surface area contributed by atoms with Gasteiger partial charge in [-0.15, -0.1) is 0 Å². The topological polar surface area (TPSA) is 36.4 Å². The van der Waals surface area contributed by atoms with Crippen LogP contribution in [0.1, 0.15) is 34.6 Å². The maximum atomic E-state index is 4.42. The summed E-state index contributed by atoms with van der Waals surface area (Å²) in [6.07, 6.45) is 0. The van der Waals surface area contributed by atoms with Crippen LogP contribution in [0.15, 0.2) is 4.99 Å². The van der Waals surface area contributed by atoms with Crippen LogP contribution in [-0.4, -0.2) is 23.6 Å². The third kappa shape index (κ3) is 1.78. The number of hydrogen-bond acceptors (Lipinski definition) is 2. The summed E-state index contributed by atoms with van der Waals surface area (Å²) in [5.41, 5.74) is -0.0446. The van der Waals surface area contributed by atoms with Gasteiger partial charge in [0.25, 0.3) is 0 Å². The van der Waals surface area contributed by atoms with Gasteiger partial charge in [-0.1, -0.05) is 0 Å². The lowest BCUT2D eigenvalue weighted by Crippen LogP contribution is -2.46. The molecule has 0 aliphatic carbocycles. The molecule has 1 heterocycles. The first kappa shape index (κ1) is 9.52. The third-order valence-electron chi connectivity index (χ3n) is 1.96. The summed E-state index contributed by atoms with van der Waals surface area (Å²) in [6, 6.07) is 0. The molecule has 0 bridgehead atoms. The van der Waals surface area contributed by atoms with Crippen molar-refractivity contribution in [1.82, 2.24) is 10.6 Å². The van der Waals surface area contributed by atoms with Crippen molar-refractivity contribution in [3.63, 3.8) is 0 Å². The molecule has 0 aromatic heterocycles. The maximum Gasteiger partial charge on any atom is 0.118 e. The molecule has 0 atom stereocenters. The minimum atomic E-state index is -0.0303. The number of aliphatic imine (C=N–C) groups is 1. The van der Waals surface area contributed by atoms with Gasteiger partial charge in [0.1, 0.15) is 5.84 Å². The molecule has 1 aliphatic rings. The molecular weight excluding hydrogens is 150 g/mol. The van der Waals surface area contributed by atoms with Gasteiger partial charge in [-0.25, -0.2) is 0 Å². The largest absolute Gasteiger partial charge is 0.355 e. The van der Waals surface area contributed by atoms with Crippen LogP contribution in [0.4, 0.5) is 0 Å². The van der Waals surface area contributed by atoms with E-state index < -0.39 is 0 Å². The number of rotatable bonds is 1. The summed E-state index contributed by atoms with van der Waals surface area (Å²) >= 11 is 0. The summed E-state index contributed by atoms with van der Waals surface area (Å²) in [6.45, 7) is 11.4. The highest BCUT2D eigenvalue weighted by Crippen LogP contribution is 2.18. The highest BCUT2D eigenvalue weighted by molar-refractivity contribution is 5.93. The first-order valence-electron chi connectivity index (χ1n) is 4.50. The van der Waals surface area contributed by atoms with Crippen LogP contribution in [-0.2, 0) is 0 Å². The summed E-state index contributed by atoms with van der Waals surface area (Å²) in [4.78, 5) is 4.42. The van der Waals surface area contributed by atoms with Crippen LogP contribution in [0, 0.1) is 0 Å².